The van der Waals surface area contributed by atoms with Crippen LogP contribution in [0.4, 0.5) is 0 Å². The molecule has 0 spiro atoms. The van der Waals surface area contributed by atoms with Crippen molar-refractivity contribution in [2.75, 3.05) is 6.61 Å². The van der Waals surface area contributed by atoms with Crippen molar-refractivity contribution < 1.29 is 9.53 Å². The molecular weight excluding hydrogens is 144 g/mol. The number of rotatable bonds is 1. The van der Waals surface area contributed by atoms with Crippen LogP contribution in [0.1, 0.15) is 19.3 Å². The van der Waals surface area contributed by atoms with E-state index in [1.54, 1.807) is 0 Å². The Labute approximate surface area is 63.3 Å². The van der Waals surface area contributed by atoms with Gasteiger partial charge in [0.25, 0.3) is 0 Å². The standard InChI is InChI=1S/C7H16O2Si/c1-10(2,8)7-5-3-4-6-9-7/h7-8H,3-6H2,1-2H3. The Hall–Kier alpha value is 0.137. The van der Waals surface area contributed by atoms with Crippen LogP contribution in [0.25, 0.3) is 0 Å². The molecule has 3 heteroatoms. The highest BCUT2D eigenvalue weighted by atomic mass is 28.4. The smallest absolute Gasteiger partial charge is 0.210 e. The molecule has 0 aromatic carbocycles. The molecule has 1 aliphatic rings. The molecule has 1 N–H and O–H groups in total. The third kappa shape index (κ3) is 2.07. The van der Waals surface area contributed by atoms with Gasteiger partial charge in [0.15, 0.2) is 0 Å². The fraction of sp³-hybridized carbons (Fsp3) is 1.00. The topological polar surface area (TPSA) is 29.5 Å². The lowest BCUT2D eigenvalue weighted by atomic mass is 10.2. The molecule has 1 saturated heterocycles. The largest absolute Gasteiger partial charge is 0.430 e. The summed E-state index contributed by atoms with van der Waals surface area (Å²) in [5.74, 6) is 0. The SMILES string of the molecule is C[Si](C)(O)C1CCCCO1. The fourth-order valence-electron chi connectivity index (χ4n) is 1.30. The van der Waals surface area contributed by atoms with Crippen molar-refractivity contribution in [2.45, 2.75) is 38.1 Å². The highest BCUT2D eigenvalue weighted by molar-refractivity contribution is 6.71. The predicted molar refractivity (Wildman–Crippen MR) is 43.3 cm³/mol. The van der Waals surface area contributed by atoms with E-state index in [-0.39, 0.29) is 5.73 Å². The molecule has 1 heterocycles. The lowest BCUT2D eigenvalue weighted by Gasteiger charge is -2.30. The first-order valence-electron chi connectivity index (χ1n) is 3.94. The number of ether oxygens (including phenoxy) is 1. The van der Waals surface area contributed by atoms with Gasteiger partial charge in [-0.15, -0.1) is 0 Å². The Bertz CT molecular complexity index is 103. The van der Waals surface area contributed by atoms with Crippen LogP contribution in [0.3, 0.4) is 0 Å². The van der Waals surface area contributed by atoms with Gasteiger partial charge in [-0.1, -0.05) is 0 Å². The van der Waals surface area contributed by atoms with E-state index < -0.39 is 8.32 Å². The molecule has 2 nitrogen and oxygen atoms in total. The first kappa shape index (κ1) is 8.24. The summed E-state index contributed by atoms with van der Waals surface area (Å²) in [5.41, 5.74) is 0.196. The summed E-state index contributed by atoms with van der Waals surface area (Å²) in [6, 6.07) is 0. The molecule has 0 saturated carbocycles. The van der Waals surface area contributed by atoms with Crippen molar-refractivity contribution in [3.8, 4) is 0 Å². The molecule has 1 aliphatic heterocycles. The van der Waals surface area contributed by atoms with Crippen LogP contribution < -0.4 is 0 Å². The zero-order valence-electron chi connectivity index (χ0n) is 6.76. The van der Waals surface area contributed by atoms with Crippen LogP contribution >= 0.6 is 0 Å². The zero-order chi connectivity index (χ0) is 7.61. The van der Waals surface area contributed by atoms with Crippen molar-refractivity contribution in [3.63, 3.8) is 0 Å². The minimum atomic E-state index is -1.98. The highest BCUT2D eigenvalue weighted by Gasteiger charge is 2.31. The van der Waals surface area contributed by atoms with Crippen LogP contribution in [0.5, 0.6) is 0 Å². The number of hydrogen-bond donors (Lipinski definition) is 1. The maximum atomic E-state index is 9.66. The number of hydrogen-bond acceptors (Lipinski definition) is 2. The van der Waals surface area contributed by atoms with Crippen molar-refractivity contribution in [1.82, 2.24) is 0 Å². The molecule has 0 radical (unpaired) electrons. The predicted octanol–water partition coefficient (Wildman–Crippen LogP) is 1.29. The van der Waals surface area contributed by atoms with Gasteiger partial charge in [-0.05, 0) is 32.4 Å². The Kier molecular flexibility index (Phi) is 2.49. The van der Waals surface area contributed by atoms with Crippen LogP contribution in [-0.4, -0.2) is 25.4 Å². The van der Waals surface area contributed by atoms with Crippen molar-refractivity contribution in [1.29, 1.82) is 0 Å². The molecule has 0 aliphatic carbocycles. The van der Waals surface area contributed by atoms with E-state index in [2.05, 4.69) is 0 Å². The average molecular weight is 160 g/mol. The van der Waals surface area contributed by atoms with E-state index in [4.69, 9.17) is 4.74 Å². The van der Waals surface area contributed by atoms with Gasteiger partial charge in [-0.3, -0.25) is 0 Å². The minimum absolute atomic E-state index is 0.196. The molecule has 0 bridgehead atoms. The van der Waals surface area contributed by atoms with Gasteiger partial charge in [0.2, 0.25) is 8.32 Å². The lowest BCUT2D eigenvalue weighted by molar-refractivity contribution is 0.0514. The van der Waals surface area contributed by atoms with Crippen LogP contribution in [-0.2, 0) is 4.74 Å². The van der Waals surface area contributed by atoms with Crippen molar-refractivity contribution >= 4 is 8.32 Å². The summed E-state index contributed by atoms with van der Waals surface area (Å²) in [6.07, 6.45) is 3.46. The summed E-state index contributed by atoms with van der Waals surface area (Å²) in [6.45, 7) is 4.74. The van der Waals surface area contributed by atoms with Gasteiger partial charge < -0.3 is 9.53 Å². The second-order valence-corrected chi connectivity index (χ2v) is 7.46. The Morgan fingerprint density at radius 2 is 2.10 bits per heavy atom. The molecule has 60 valence electrons. The molecule has 10 heavy (non-hydrogen) atoms. The van der Waals surface area contributed by atoms with Crippen molar-refractivity contribution in [3.05, 3.63) is 0 Å². The van der Waals surface area contributed by atoms with Crippen LogP contribution in [0.2, 0.25) is 13.1 Å². The van der Waals surface area contributed by atoms with Gasteiger partial charge in [0, 0.05) is 6.61 Å². The Morgan fingerprint density at radius 3 is 2.40 bits per heavy atom. The molecule has 0 aromatic heterocycles. The summed E-state index contributed by atoms with van der Waals surface area (Å²) >= 11 is 0. The van der Waals surface area contributed by atoms with E-state index in [0.29, 0.717) is 0 Å². The zero-order valence-corrected chi connectivity index (χ0v) is 7.76. The van der Waals surface area contributed by atoms with Gasteiger partial charge >= 0.3 is 0 Å². The normalized spacial score (nSPS) is 28.5. The fourth-order valence-corrected chi connectivity index (χ4v) is 2.73. The van der Waals surface area contributed by atoms with Crippen molar-refractivity contribution in [2.24, 2.45) is 0 Å². The molecule has 0 aromatic rings. The van der Waals surface area contributed by atoms with Gasteiger partial charge in [0.05, 0.1) is 5.73 Å². The summed E-state index contributed by atoms with van der Waals surface area (Å²) in [5, 5.41) is 0. The molecule has 1 unspecified atom stereocenters. The van der Waals surface area contributed by atoms with E-state index >= 15 is 0 Å². The minimum Gasteiger partial charge on any atom is -0.430 e. The molecule has 1 rings (SSSR count). The maximum Gasteiger partial charge on any atom is 0.210 e. The van der Waals surface area contributed by atoms with Crippen LogP contribution in [0.15, 0.2) is 0 Å². The molecule has 0 amide bonds. The third-order valence-electron chi connectivity index (χ3n) is 1.97. The van der Waals surface area contributed by atoms with E-state index in [0.717, 1.165) is 13.0 Å². The van der Waals surface area contributed by atoms with E-state index in [1.807, 2.05) is 13.1 Å². The first-order valence-corrected chi connectivity index (χ1v) is 6.97. The highest BCUT2D eigenvalue weighted by Crippen LogP contribution is 2.19. The maximum absolute atomic E-state index is 9.66. The molecule has 1 fully saturated rings. The monoisotopic (exact) mass is 160 g/mol. The third-order valence-corrected chi connectivity index (χ3v) is 4.00. The van der Waals surface area contributed by atoms with Gasteiger partial charge in [0.1, 0.15) is 0 Å². The summed E-state index contributed by atoms with van der Waals surface area (Å²) in [4.78, 5) is 9.66. The van der Waals surface area contributed by atoms with Gasteiger partial charge in [-0.2, -0.15) is 0 Å². The average Bonchev–Trinajstić information content (AvgIpc) is 1.88. The quantitative estimate of drug-likeness (QED) is 0.586. The van der Waals surface area contributed by atoms with Crippen LogP contribution in [0, 0.1) is 0 Å². The van der Waals surface area contributed by atoms with E-state index in [9.17, 15) is 4.80 Å². The molecular formula is C7H16O2Si. The lowest BCUT2D eigenvalue weighted by Crippen LogP contribution is -2.45. The van der Waals surface area contributed by atoms with Gasteiger partial charge in [-0.25, -0.2) is 0 Å². The Balaban J connectivity index is 2.39. The summed E-state index contributed by atoms with van der Waals surface area (Å²) in [7, 11) is -1.98. The molecule has 1 atom stereocenters. The first-order chi connectivity index (χ1) is 4.61. The van der Waals surface area contributed by atoms with E-state index in [1.165, 1.54) is 12.8 Å². The second kappa shape index (κ2) is 3.03. The second-order valence-electron chi connectivity index (χ2n) is 3.51. The summed E-state index contributed by atoms with van der Waals surface area (Å²) < 4.78 is 5.45. The Morgan fingerprint density at radius 1 is 1.40 bits per heavy atom.